The Kier molecular flexibility index (Phi) is 6.18. The molecule has 2 aliphatic carbocycles. The molecule has 1 N–H and O–H groups in total. The standard InChI is InChI=1S/C33H27ClN2O4S2/c1-16-9-11-19(12-10-16)36-31(37)26-21-14-22(27(26)32(36)38)28-25(21)24(29-30(41-28)35-33(39)42-29)20-7-2-3-8-23(20)40-15-17-5-4-6-18(34)13-17/h2-13,21-22,24-28H,14-15H2,1H3,(H,35,39)/t21-,22-,24+,25+,26+,27+,28-/m1/s1. The van der Waals surface area contributed by atoms with Gasteiger partial charge in [0.15, 0.2) is 0 Å². The number of hydrogen-bond donors (Lipinski definition) is 1. The summed E-state index contributed by atoms with van der Waals surface area (Å²) in [6, 6.07) is 23.3. The van der Waals surface area contributed by atoms with E-state index in [1.54, 1.807) is 11.8 Å². The zero-order valence-corrected chi connectivity index (χ0v) is 25.0. The molecule has 2 saturated carbocycles. The highest BCUT2D eigenvalue weighted by atomic mass is 35.5. The number of benzene rings is 3. The second-order valence-electron chi connectivity index (χ2n) is 11.8. The number of carbonyl (C=O) groups excluding carboxylic acids is 2. The van der Waals surface area contributed by atoms with Gasteiger partial charge in [-0.15, -0.1) is 11.8 Å². The first-order valence-corrected chi connectivity index (χ1v) is 16.3. The van der Waals surface area contributed by atoms with E-state index in [4.69, 9.17) is 16.3 Å². The van der Waals surface area contributed by atoms with Crippen LogP contribution in [0.5, 0.6) is 5.75 Å². The summed E-state index contributed by atoms with van der Waals surface area (Å²) in [5.41, 5.74) is 3.72. The van der Waals surface area contributed by atoms with Crippen LogP contribution >= 0.6 is 34.7 Å². The number of thioether (sulfide) groups is 1. The quantitative estimate of drug-likeness (QED) is 0.255. The Morgan fingerprint density at radius 1 is 0.952 bits per heavy atom. The molecule has 3 fully saturated rings. The zero-order chi connectivity index (χ0) is 28.7. The Hall–Kier alpha value is -3.33. The Morgan fingerprint density at radius 2 is 1.71 bits per heavy atom. The fraction of sp³-hybridized carbons (Fsp3) is 0.303. The first-order valence-electron chi connectivity index (χ1n) is 14.2. The van der Waals surface area contributed by atoms with E-state index in [-0.39, 0.29) is 57.4 Å². The number of halogens is 1. The molecule has 7 atom stereocenters. The average Bonchev–Trinajstić information content (AvgIpc) is 3.72. The number of ether oxygens (including phenoxy) is 1. The lowest BCUT2D eigenvalue weighted by atomic mass is 9.68. The number of fused-ring (bicyclic) bond motifs is 9. The highest BCUT2D eigenvalue weighted by Crippen LogP contribution is 2.69. The predicted octanol–water partition coefficient (Wildman–Crippen LogP) is 6.66. The van der Waals surface area contributed by atoms with Crippen LogP contribution in [0, 0.1) is 36.5 Å². The topological polar surface area (TPSA) is 79.5 Å². The average molecular weight is 615 g/mol. The van der Waals surface area contributed by atoms with E-state index in [2.05, 4.69) is 11.1 Å². The number of aromatic nitrogens is 1. The molecule has 212 valence electrons. The summed E-state index contributed by atoms with van der Waals surface area (Å²) >= 11 is 9.16. The minimum Gasteiger partial charge on any atom is -0.489 e. The largest absolute Gasteiger partial charge is 0.489 e. The van der Waals surface area contributed by atoms with Gasteiger partial charge in [0.2, 0.25) is 11.8 Å². The van der Waals surface area contributed by atoms with Crippen LogP contribution in [-0.4, -0.2) is 22.0 Å². The van der Waals surface area contributed by atoms with Gasteiger partial charge in [-0.2, -0.15) is 0 Å². The fourth-order valence-electron chi connectivity index (χ4n) is 7.97. The van der Waals surface area contributed by atoms with Crippen molar-refractivity contribution in [2.45, 2.75) is 36.1 Å². The van der Waals surface area contributed by atoms with Crippen LogP contribution in [-0.2, 0) is 16.2 Å². The van der Waals surface area contributed by atoms with E-state index in [1.165, 1.54) is 16.2 Å². The highest BCUT2D eigenvalue weighted by molar-refractivity contribution is 8.00. The second kappa shape index (κ2) is 9.86. The maximum Gasteiger partial charge on any atom is 0.305 e. The van der Waals surface area contributed by atoms with E-state index in [0.29, 0.717) is 17.3 Å². The van der Waals surface area contributed by atoms with Crippen molar-refractivity contribution in [2.75, 3.05) is 4.90 Å². The molecule has 9 heteroatoms. The predicted molar refractivity (Wildman–Crippen MR) is 164 cm³/mol. The molecule has 0 unspecified atom stereocenters. The molecule has 42 heavy (non-hydrogen) atoms. The molecule has 2 amide bonds. The van der Waals surface area contributed by atoms with Crippen molar-refractivity contribution in [3.63, 3.8) is 0 Å². The van der Waals surface area contributed by atoms with Crippen molar-refractivity contribution in [2.24, 2.45) is 29.6 Å². The lowest BCUT2D eigenvalue weighted by Crippen LogP contribution is -2.42. The normalized spacial score (nSPS) is 29.0. The van der Waals surface area contributed by atoms with E-state index in [9.17, 15) is 14.4 Å². The molecule has 1 saturated heterocycles. The van der Waals surface area contributed by atoms with Crippen LogP contribution in [0.25, 0.3) is 0 Å². The number of carbonyl (C=O) groups is 2. The SMILES string of the molecule is Cc1ccc(N2C(=O)[C@H]3[C@H]4C[C@@H]([C@@H]3C2=O)[C@H]2[C@H](c3ccccc3OCc3cccc(Cl)c3)c3sc(=O)[nH]c3S[C@H]42)cc1. The zero-order valence-electron chi connectivity index (χ0n) is 22.7. The van der Waals surface area contributed by atoms with Gasteiger partial charge in [0.05, 0.1) is 22.5 Å². The van der Waals surface area contributed by atoms with Crippen LogP contribution in [0.15, 0.2) is 82.6 Å². The van der Waals surface area contributed by atoms with E-state index >= 15 is 0 Å². The molecular weight excluding hydrogens is 588 g/mol. The van der Waals surface area contributed by atoms with Gasteiger partial charge in [-0.1, -0.05) is 71.0 Å². The Balaban J connectivity index is 1.18. The third-order valence-corrected chi connectivity index (χ3v) is 12.4. The number of anilines is 1. The van der Waals surface area contributed by atoms with Crippen LogP contribution in [0.1, 0.15) is 33.9 Å². The number of aromatic amines is 1. The number of amides is 2. The Labute approximate surface area is 256 Å². The number of hydrogen-bond acceptors (Lipinski definition) is 6. The van der Waals surface area contributed by atoms with Gasteiger partial charge in [-0.3, -0.25) is 19.3 Å². The Bertz CT molecular complexity index is 1800. The summed E-state index contributed by atoms with van der Waals surface area (Å²) in [5.74, 6) is 0.0396. The molecule has 3 aromatic carbocycles. The number of rotatable bonds is 5. The second-order valence-corrected chi connectivity index (χ2v) is 14.4. The first kappa shape index (κ1) is 26.3. The molecule has 0 spiro atoms. The summed E-state index contributed by atoms with van der Waals surface area (Å²) in [6.07, 6.45) is 0.845. The maximum atomic E-state index is 14.0. The molecule has 3 heterocycles. The molecule has 2 bridgehead atoms. The molecule has 2 aliphatic heterocycles. The maximum absolute atomic E-state index is 14.0. The van der Waals surface area contributed by atoms with Crippen LogP contribution in [0.3, 0.4) is 0 Å². The molecule has 1 aromatic heterocycles. The van der Waals surface area contributed by atoms with Gasteiger partial charge in [0.25, 0.3) is 0 Å². The number of nitrogens with one attached hydrogen (secondary N) is 1. The van der Waals surface area contributed by atoms with Crippen molar-refractivity contribution in [1.29, 1.82) is 0 Å². The summed E-state index contributed by atoms with van der Waals surface area (Å²) < 4.78 is 6.41. The van der Waals surface area contributed by atoms with E-state index < -0.39 is 0 Å². The molecule has 4 aromatic rings. The number of aryl methyl sites for hydroxylation is 1. The summed E-state index contributed by atoms with van der Waals surface area (Å²) in [5, 5.41) is 1.66. The number of para-hydroxylation sites is 1. The molecule has 6 nitrogen and oxygen atoms in total. The van der Waals surface area contributed by atoms with Gasteiger partial charge in [-0.05, 0) is 67.0 Å². The fourth-order valence-corrected chi connectivity index (χ4v) is 11.1. The van der Waals surface area contributed by atoms with Crippen LogP contribution < -0.4 is 14.5 Å². The third kappa shape index (κ3) is 3.95. The monoisotopic (exact) mass is 614 g/mol. The first-order chi connectivity index (χ1) is 20.4. The minimum atomic E-state index is -0.343. The van der Waals surface area contributed by atoms with Crippen molar-refractivity contribution in [1.82, 2.24) is 4.98 Å². The van der Waals surface area contributed by atoms with E-state index in [1.807, 2.05) is 73.7 Å². The number of imide groups is 1. The van der Waals surface area contributed by atoms with Gasteiger partial charge >= 0.3 is 4.87 Å². The lowest BCUT2D eigenvalue weighted by molar-refractivity contribution is -0.123. The van der Waals surface area contributed by atoms with Crippen LogP contribution in [0.2, 0.25) is 5.02 Å². The lowest BCUT2D eigenvalue weighted by Gasteiger charge is -2.43. The number of H-pyrrole nitrogens is 1. The van der Waals surface area contributed by atoms with Gasteiger partial charge in [0.1, 0.15) is 12.4 Å². The van der Waals surface area contributed by atoms with Crippen LogP contribution in [0.4, 0.5) is 5.69 Å². The molecule has 8 rings (SSSR count). The molecular formula is C33H27ClN2O4S2. The number of nitrogens with zero attached hydrogens (tertiary/aromatic N) is 1. The molecule has 4 aliphatic rings. The number of thiazole rings is 1. The minimum absolute atomic E-state index is 0.0423. The summed E-state index contributed by atoms with van der Waals surface area (Å²) in [6.45, 7) is 2.35. The summed E-state index contributed by atoms with van der Waals surface area (Å²) in [7, 11) is 0. The van der Waals surface area contributed by atoms with Crippen molar-refractivity contribution in [3.8, 4) is 5.75 Å². The summed E-state index contributed by atoms with van der Waals surface area (Å²) in [4.78, 5) is 46.0. The van der Waals surface area contributed by atoms with Gasteiger partial charge in [0, 0.05) is 26.6 Å². The third-order valence-electron chi connectivity index (χ3n) is 9.55. The van der Waals surface area contributed by atoms with Gasteiger partial charge < -0.3 is 9.72 Å². The molecule has 0 radical (unpaired) electrons. The Morgan fingerprint density at radius 3 is 2.50 bits per heavy atom. The van der Waals surface area contributed by atoms with Gasteiger partial charge in [-0.25, -0.2) is 0 Å². The van der Waals surface area contributed by atoms with Crippen molar-refractivity contribution >= 4 is 52.2 Å². The highest BCUT2D eigenvalue weighted by Gasteiger charge is 2.69. The van der Waals surface area contributed by atoms with Crippen molar-refractivity contribution < 1.29 is 14.3 Å². The smallest absolute Gasteiger partial charge is 0.305 e. The van der Waals surface area contributed by atoms with Crippen molar-refractivity contribution in [3.05, 3.63) is 109 Å². The van der Waals surface area contributed by atoms with E-state index in [0.717, 1.165) is 38.8 Å².